The van der Waals surface area contributed by atoms with Gasteiger partial charge in [0.15, 0.2) is 0 Å². The van der Waals surface area contributed by atoms with Crippen LogP contribution in [0, 0.1) is 0 Å². The number of hydrogen-bond acceptors (Lipinski definition) is 7. The highest BCUT2D eigenvalue weighted by Gasteiger charge is 2.51. The van der Waals surface area contributed by atoms with Crippen LogP contribution in [-0.4, -0.2) is 86.9 Å². The number of hydrogen-bond donors (Lipinski definition) is 1. The summed E-state index contributed by atoms with van der Waals surface area (Å²) in [5.74, 6) is -0.781. The number of rotatable bonds is 11. The molecule has 0 aliphatic carbocycles. The van der Waals surface area contributed by atoms with Gasteiger partial charge in [-0.3, -0.25) is 14.4 Å². The number of hydrazine groups is 1. The average molecular weight is 752 g/mol. The van der Waals surface area contributed by atoms with E-state index in [-0.39, 0.29) is 67.4 Å². The SMILES string of the molecule is C=CCN1CC(=O)N2[C@@H](Cc3ccc(O)cc3)C(=O)N(Cc3cccc4ccn(S(=O)(=O)c5ccc(Cl)cc5)c34)C[C@@H]2N1C(=O)CCc1ccccc1. The Morgan fingerprint density at radius 1 is 0.906 bits per heavy atom. The molecule has 2 fully saturated rings. The van der Waals surface area contributed by atoms with E-state index in [0.717, 1.165) is 11.1 Å². The van der Waals surface area contributed by atoms with Crippen LogP contribution < -0.4 is 0 Å². The van der Waals surface area contributed by atoms with Gasteiger partial charge < -0.3 is 14.9 Å². The highest BCUT2D eigenvalue weighted by Crippen LogP contribution is 2.32. The Hall–Kier alpha value is -5.43. The van der Waals surface area contributed by atoms with Crippen LogP contribution in [0.5, 0.6) is 5.75 Å². The number of halogens is 1. The number of para-hydroxylation sites is 1. The van der Waals surface area contributed by atoms with E-state index >= 15 is 0 Å². The predicted octanol–water partition coefficient (Wildman–Crippen LogP) is 5.22. The molecule has 0 bridgehead atoms. The van der Waals surface area contributed by atoms with Crippen molar-refractivity contribution in [2.45, 2.75) is 42.9 Å². The van der Waals surface area contributed by atoms with Gasteiger partial charge in [-0.15, -0.1) is 6.58 Å². The Labute approximate surface area is 312 Å². The second-order valence-electron chi connectivity index (χ2n) is 13.2. The van der Waals surface area contributed by atoms with Crippen molar-refractivity contribution in [3.8, 4) is 5.75 Å². The zero-order chi connectivity index (χ0) is 37.3. The molecule has 13 heteroatoms. The van der Waals surface area contributed by atoms with Crippen molar-refractivity contribution in [3.05, 3.63) is 144 Å². The first-order valence-electron chi connectivity index (χ1n) is 17.2. The second kappa shape index (κ2) is 14.9. The van der Waals surface area contributed by atoms with Gasteiger partial charge in [0.05, 0.1) is 23.5 Å². The highest BCUT2D eigenvalue weighted by molar-refractivity contribution is 7.90. The monoisotopic (exact) mass is 751 g/mol. The minimum atomic E-state index is -4.05. The molecule has 0 unspecified atom stereocenters. The molecule has 1 N–H and O–H groups in total. The molecule has 2 saturated heterocycles. The first-order chi connectivity index (χ1) is 25.5. The van der Waals surface area contributed by atoms with E-state index in [4.69, 9.17) is 11.6 Å². The van der Waals surface area contributed by atoms with Crippen LogP contribution in [0.1, 0.15) is 23.1 Å². The third-order valence-electron chi connectivity index (χ3n) is 9.75. The maximum absolute atomic E-state index is 14.6. The summed E-state index contributed by atoms with van der Waals surface area (Å²) in [4.78, 5) is 46.0. The summed E-state index contributed by atoms with van der Waals surface area (Å²) < 4.78 is 29.1. The Balaban J connectivity index is 1.28. The lowest BCUT2D eigenvalue weighted by molar-refractivity contribution is -0.205. The number of nitrogens with zero attached hydrogens (tertiary/aromatic N) is 5. The molecule has 0 radical (unpaired) electrons. The highest BCUT2D eigenvalue weighted by atomic mass is 35.5. The van der Waals surface area contributed by atoms with Gasteiger partial charge in [-0.2, -0.15) is 0 Å². The van der Waals surface area contributed by atoms with E-state index in [2.05, 4.69) is 6.58 Å². The molecule has 7 rings (SSSR count). The Kier molecular flexibility index (Phi) is 10.1. The van der Waals surface area contributed by atoms with Crippen LogP contribution in [0.3, 0.4) is 0 Å². The first-order valence-corrected chi connectivity index (χ1v) is 19.1. The van der Waals surface area contributed by atoms with Gasteiger partial charge in [0.25, 0.3) is 10.0 Å². The normalized spacial score (nSPS) is 18.0. The topological polar surface area (TPSA) is 123 Å². The molecule has 2 aliphatic rings. The van der Waals surface area contributed by atoms with E-state index in [1.165, 1.54) is 51.5 Å². The molecule has 11 nitrogen and oxygen atoms in total. The second-order valence-corrected chi connectivity index (χ2v) is 15.4. The Morgan fingerprint density at radius 3 is 2.36 bits per heavy atom. The molecule has 53 heavy (non-hydrogen) atoms. The summed E-state index contributed by atoms with van der Waals surface area (Å²) in [5.41, 5.74) is 2.70. The summed E-state index contributed by atoms with van der Waals surface area (Å²) >= 11 is 6.05. The zero-order valence-electron chi connectivity index (χ0n) is 28.8. The number of aromatic nitrogens is 1. The number of aromatic hydroxyl groups is 1. The van der Waals surface area contributed by atoms with Gasteiger partial charge in [0, 0.05) is 42.5 Å². The summed E-state index contributed by atoms with van der Waals surface area (Å²) in [6.45, 7) is 3.98. The van der Waals surface area contributed by atoms with E-state index in [1.807, 2.05) is 30.3 Å². The van der Waals surface area contributed by atoms with Gasteiger partial charge in [0.1, 0.15) is 18.0 Å². The number of phenols is 1. The zero-order valence-corrected chi connectivity index (χ0v) is 30.4. The standard InChI is InChI=1S/C40H38ClN5O6S/c1-2-22-43-27-38(49)45-35(24-29-11-16-33(47)17-12-29)40(50)42(26-36(45)46(43)37(48)20-13-28-7-4-3-5-8-28)25-31-10-6-9-30-21-23-44(39(30)31)53(51,52)34-18-14-32(41)15-19-34/h2-12,14-19,21,23,35-36,47H,1,13,20,22,24-27H2/t35-,36-/m0/s1. The van der Waals surface area contributed by atoms with E-state index in [0.29, 0.717) is 27.9 Å². The summed E-state index contributed by atoms with van der Waals surface area (Å²) in [7, 11) is -4.05. The van der Waals surface area contributed by atoms with Crippen molar-refractivity contribution in [2.24, 2.45) is 0 Å². The van der Waals surface area contributed by atoms with Crippen LogP contribution in [0.2, 0.25) is 5.02 Å². The molecule has 2 atom stereocenters. The van der Waals surface area contributed by atoms with Crippen LogP contribution in [0.15, 0.2) is 127 Å². The summed E-state index contributed by atoms with van der Waals surface area (Å²) in [5, 5.41) is 14.3. The minimum absolute atomic E-state index is 0.00837. The van der Waals surface area contributed by atoms with Crippen molar-refractivity contribution < 1.29 is 27.9 Å². The van der Waals surface area contributed by atoms with E-state index in [1.54, 1.807) is 57.4 Å². The average Bonchev–Trinajstić information content (AvgIpc) is 3.60. The number of amides is 3. The molecule has 5 aromatic rings. The van der Waals surface area contributed by atoms with Crippen LogP contribution in [0.4, 0.5) is 0 Å². The minimum Gasteiger partial charge on any atom is -0.508 e. The molecule has 2 aliphatic heterocycles. The predicted molar refractivity (Wildman–Crippen MR) is 201 cm³/mol. The first kappa shape index (κ1) is 36.0. The fourth-order valence-electron chi connectivity index (χ4n) is 7.26. The molecule has 0 spiro atoms. The summed E-state index contributed by atoms with van der Waals surface area (Å²) in [6.07, 6.45) is 3.07. The molecule has 1 aromatic heterocycles. The number of phenolic OH excluding ortho intramolecular Hbond substituents is 1. The molecule has 4 aromatic carbocycles. The maximum Gasteiger partial charge on any atom is 0.268 e. The smallest absolute Gasteiger partial charge is 0.268 e. The molecule has 3 heterocycles. The number of benzene rings is 4. The van der Waals surface area contributed by atoms with Gasteiger partial charge in [-0.25, -0.2) is 22.4 Å². The lowest BCUT2D eigenvalue weighted by Gasteiger charge is -2.55. The van der Waals surface area contributed by atoms with E-state index in [9.17, 15) is 27.9 Å². The van der Waals surface area contributed by atoms with Crippen molar-refractivity contribution in [1.29, 1.82) is 0 Å². The quantitative estimate of drug-likeness (QED) is 0.184. The van der Waals surface area contributed by atoms with Crippen LogP contribution >= 0.6 is 11.6 Å². The number of carbonyl (C=O) groups is 3. The fraction of sp³-hybridized carbons (Fsp3) is 0.225. The molecule has 0 saturated carbocycles. The molecular formula is C40H38ClN5O6S. The van der Waals surface area contributed by atoms with Crippen molar-refractivity contribution in [1.82, 2.24) is 23.8 Å². The van der Waals surface area contributed by atoms with Crippen LogP contribution in [-0.2, 0) is 43.8 Å². The lowest BCUT2D eigenvalue weighted by atomic mass is 9.97. The fourth-order valence-corrected chi connectivity index (χ4v) is 8.78. The van der Waals surface area contributed by atoms with Gasteiger partial charge >= 0.3 is 0 Å². The van der Waals surface area contributed by atoms with Crippen molar-refractivity contribution in [3.63, 3.8) is 0 Å². The molecule has 272 valence electrons. The van der Waals surface area contributed by atoms with Gasteiger partial charge in [0.2, 0.25) is 17.7 Å². The molecule has 3 amide bonds. The number of piperazine rings is 1. The Morgan fingerprint density at radius 2 is 1.64 bits per heavy atom. The third-order valence-corrected chi connectivity index (χ3v) is 11.7. The van der Waals surface area contributed by atoms with Gasteiger partial charge in [-0.05, 0) is 65.6 Å². The number of aryl methyl sites for hydroxylation is 1. The Bertz CT molecular complexity index is 2280. The van der Waals surface area contributed by atoms with E-state index < -0.39 is 22.2 Å². The van der Waals surface area contributed by atoms with Crippen LogP contribution in [0.25, 0.3) is 10.9 Å². The largest absolute Gasteiger partial charge is 0.508 e. The van der Waals surface area contributed by atoms with Crippen molar-refractivity contribution >= 4 is 50.2 Å². The van der Waals surface area contributed by atoms with Gasteiger partial charge in [-0.1, -0.05) is 78.3 Å². The number of fused-ring (bicyclic) bond motifs is 2. The molecular weight excluding hydrogens is 714 g/mol. The summed E-state index contributed by atoms with van der Waals surface area (Å²) in [6, 6.07) is 28.2. The van der Waals surface area contributed by atoms with Crippen molar-refractivity contribution in [2.75, 3.05) is 19.6 Å². The lowest BCUT2D eigenvalue weighted by Crippen LogP contribution is -2.75. The maximum atomic E-state index is 14.6. The third kappa shape index (κ3) is 7.17. The number of carbonyl (C=O) groups excluding carboxylic acids is 3.